The molecule has 0 unspecified atom stereocenters. The number of anilines is 2. The summed E-state index contributed by atoms with van der Waals surface area (Å²) in [6.45, 7) is 5.93. The zero-order chi connectivity index (χ0) is 23.8. The molecule has 6 rings (SSSR count). The molecule has 3 N–H and O–H groups in total. The van der Waals surface area contributed by atoms with Gasteiger partial charge in [-0.25, -0.2) is 19.9 Å². The van der Waals surface area contributed by atoms with Gasteiger partial charge in [0.1, 0.15) is 11.5 Å². The Morgan fingerprint density at radius 3 is 2.34 bits per heavy atom. The molecule has 0 amide bonds. The van der Waals surface area contributed by atoms with Crippen molar-refractivity contribution in [3.8, 4) is 22.7 Å². The van der Waals surface area contributed by atoms with Crippen LogP contribution in [-0.4, -0.2) is 56.3 Å². The second kappa shape index (κ2) is 8.70. The molecule has 2 fully saturated rings. The highest BCUT2D eigenvalue weighted by molar-refractivity contribution is 5.63. The average Bonchev–Trinajstić information content (AvgIpc) is 3.66. The van der Waals surface area contributed by atoms with Crippen molar-refractivity contribution in [2.24, 2.45) is 5.92 Å². The number of piperazine rings is 1. The van der Waals surface area contributed by atoms with Crippen LogP contribution in [0.1, 0.15) is 31.2 Å². The largest absolute Gasteiger partial charge is 0.368 e. The van der Waals surface area contributed by atoms with Crippen LogP contribution in [0.2, 0.25) is 0 Å². The van der Waals surface area contributed by atoms with Gasteiger partial charge in [-0.1, -0.05) is 29.4 Å². The molecule has 4 aromatic rings. The van der Waals surface area contributed by atoms with E-state index in [9.17, 15) is 0 Å². The third-order valence-electron chi connectivity index (χ3n) is 7.07. The fourth-order valence-electron chi connectivity index (χ4n) is 4.73. The van der Waals surface area contributed by atoms with E-state index in [1.54, 1.807) is 24.8 Å². The highest BCUT2D eigenvalue weighted by atomic mass is 16.5. The Hall–Kier alpha value is -3.92. The highest BCUT2D eigenvalue weighted by Gasteiger charge is 2.47. The molecular weight excluding hydrogens is 442 g/mol. The first-order valence-electron chi connectivity index (χ1n) is 11.9. The van der Waals surface area contributed by atoms with Crippen molar-refractivity contribution in [2.75, 3.05) is 36.8 Å². The molecule has 1 saturated heterocycles. The zero-order valence-electron chi connectivity index (χ0n) is 19.6. The van der Waals surface area contributed by atoms with Gasteiger partial charge >= 0.3 is 0 Å². The van der Waals surface area contributed by atoms with Crippen molar-refractivity contribution < 1.29 is 4.52 Å². The molecule has 1 aromatic carbocycles. The molecule has 0 bridgehead atoms. The number of nitrogen functional groups attached to an aromatic ring is 1. The molecule has 2 aliphatic rings. The van der Waals surface area contributed by atoms with E-state index in [1.165, 1.54) is 0 Å². The van der Waals surface area contributed by atoms with Crippen molar-refractivity contribution >= 4 is 11.8 Å². The predicted octanol–water partition coefficient (Wildman–Crippen LogP) is 2.69. The Morgan fingerprint density at radius 1 is 0.943 bits per heavy atom. The van der Waals surface area contributed by atoms with Gasteiger partial charge in [0.25, 0.3) is 5.89 Å². The SMILES string of the molecule is C[C@](c1ccc(-c2cnc(N)nc2)cc1)(c1noc(-c2cnc(N3CCNCC3)cn2)n1)C1CC1. The minimum atomic E-state index is -0.355. The summed E-state index contributed by atoms with van der Waals surface area (Å²) < 4.78 is 5.67. The number of aromatic nitrogens is 6. The third kappa shape index (κ3) is 4.10. The lowest BCUT2D eigenvalue weighted by molar-refractivity contribution is 0.386. The van der Waals surface area contributed by atoms with Crippen LogP contribution in [0, 0.1) is 5.92 Å². The Bertz CT molecular complexity index is 1290. The van der Waals surface area contributed by atoms with Gasteiger partial charge in [0.05, 0.1) is 17.8 Å². The topological polar surface area (TPSA) is 132 Å². The van der Waals surface area contributed by atoms with E-state index in [-0.39, 0.29) is 11.4 Å². The summed E-state index contributed by atoms with van der Waals surface area (Å²) in [7, 11) is 0. The molecule has 178 valence electrons. The predicted molar refractivity (Wildman–Crippen MR) is 131 cm³/mol. The summed E-state index contributed by atoms with van der Waals surface area (Å²) in [4.78, 5) is 24.3. The molecule has 1 aliphatic heterocycles. The Morgan fingerprint density at radius 2 is 1.69 bits per heavy atom. The molecule has 1 aliphatic carbocycles. The van der Waals surface area contributed by atoms with Crippen molar-refractivity contribution in [3.63, 3.8) is 0 Å². The van der Waals surface area contributed by atoms with Crippen LogP contribution in [0.25, 0.3) is 22.7 Å². The second-order valence-corrected chi connectivity index (χ2v) is 9.30. The van der Waals surface area contributed by atoms with Crippen molar-refractivity contribution in [1.82, 2.24) is 35.4 Å². The molecule has 0 radical (unpaired) electrons. The average molecular weight is 470 g/mol. The summed E-state index contributed by atoms with van der Waals surface area (Å²) >= 11 is 0. The minimum absolute atomic E-state index is 0.266. The van der Waals surface area contributed by atoms with E-state index >= 15 is 0 Å². The number of rotatable bonds is 6. The molecule has 35 heavy (non-hydrogen) atoms. The van der Waals surface area contributed by atoms with Crippen LogP contribution in [0.4, 0.5) is 11.8 Å². The molecule has 1 atom stereocenters. The maximum Gasteiger partial charge on any atom is 0.278 e. The summed E-state index contributed by atoms with van der Waals surface area (Å²) in [5.74, 6) is 2.65. The van der Waals surface area contributed by atoms with Crippen LogP contribution in [-0.2, 0) is 5.41 Å². The van der Waals surface area contributed by atoms with Gasteiger partial charge in [-0.15, -0.1) is 0 Å². The van der Waals surface area contributed by atoms with Gasteiger partial charge in [-0.3, -0.25) is 0 Å². The van der Waals surface area contributed by atoms with Gasteiger partial charge in [-0.05, 0) is 36.8 Å². The fraction of sp³-hybridized carbons (Fsp3) is 0.360. The summed E-state index contributed by atoms with van der Waals surface area (Å²) in [5, 5.41) is 7.74. The molecular formula is C25H27N9O. The second-order valence-electron chi connectivity index (χ2n) is 9.30. The summed E-state index contributed by atoms with van der Waals surface area (Å²) in [6, 6.07) is 8.41. The van der Waals surface area contributed by atoms with Gasteiger partial charge in [-0.2, -0.15) is 4.98 Å². The van der Waals surface area contributed by atoms with Crippen LogP contribution < -0.4 is 16.0 Å². The van der Waals surface area contributed by atoms with E-state index in [4.69, 9.17) is 15.2 Å². The van der Waals surface area contributed by atoms with Crippen molar-refractivity contribution in [3.05, 3.63) is 60.4 Å². The molecule has 10 nitrogen and oxygen atoms in total. The molecule has 4 heterocycles. The normalized spacial score (nSPS) is 17.8. The lowest BCUT2D eigenvalue weighted by Gasteiger charge is -2.27. The molecule has 3 aromatic heterocycles. The lowest BCUT2D eigenvalue weighted by Crippen LogP contribution is -2.43. The molecule has 0 spiro atoms. The first-order chi connectivity index (χ1) is 17.1. The van der Waals surface area contributed by atoms with E-state index < -0.39 is 0 Å². The van der Waals surface area contributed by atoms with Gasteiger partial charge in [0.2, 0.25) is 5.95 Å². The standard InChI is InChI=1S/C25H27N9O/c1-25(19-6-7-19,18-4-2-16(3-5-18)17-12-30-24(26)31-13-17)23-32-22(35-33-23)20-14-29-21(15-28-20)34-10-8-27-9-11-34/h2-5,12-15,19,27H,6-11H2,1H3,(H2,26,30,31)/t25-/m1/s1. The minimum Gasteiger partial charge on any atom is -0.368 e. The van der Waals surface area contributed by atoms with Crippen LogP contribution in [0.5, 0.6) is 0 Å². The number of hydrogen-bond acceptors (Lipinski definition) is 10. The van der Waals surface area contributed by atoms with E-state index in [1.807, 2.05) is 0 Å². The molecule has 10 heteroatoms. The first-order valence-corrected chi connectivity index (χ1v) is 11.9. The Balaban J connectivity index is 1.26. The third-order valence-corrected chi connectivity index (χ3v) is 7.07. The number of nitrogens with two attached hydrogens (primary N) is 1. The van der Waals surface area contributed by atoms with Crippen molar-refractivity contribution in [2.45, 2.75) is 25.2 Å². The van der Waals surface area contributed by atoms with Gasteiger partial charge < -0.3 is 20.5 Å². The van der Waals surface area contributed by atoms with Gasteiger partial charge in [0, 0.05) is 44.1 Å². The zero-order valence-corrected chi connectivity index (χ0v) is 19.6. The number of benzene rings is 1. The monoisotopic (exact) mass is 469 g/mol. The maximum atomic E-state index is 5.67. The van der Waals surface area contributed by atoms with E-state index in [0.29, 0.717) is 23.3 Å². The number of nitrogens with zero attached hydrogens (tertiary/aromatic N) is 7. The van der Waals surface area contributed by atoms with Crippen molar-refractivity contribution in [1.29, 1.82) is 0 Å². The summed E-state index contributed by atoms with van der Waals surface area (Å²) in [5.41, 5.74) is 8.94. The fourth-order valence-corrected chi connectivity index (χ4v) is 4.73. The lowest BCUT2D eigenvalue weighted by atomic mass is 9.77. The Kier molecular flexibility index (Phi) is 5.37. The van der Waals surface area contributed by atoms with Crippen LogP contribution in [0.3, 0.4) is 0 Å². The number of hydrogen-bond donors (Lipinski definition) is 2. The maximum absolute atomic E-state index is 5.67. The van der Waals surface area contributed by atoms with E-state index in [2.05, 4.69) is 66.5 Å². The van der Waals surface area contributed by atoms with Crippen LogP contribution >= 0.6 is 0 Å². The number of nitrogens with one attached hydrogen (secondary N) is 1. The van der Waals surface area contributed by atoms with E-state index in [0.717, 1.165) is 61.5 Å². The molecule has 1 saturated carbocycles. The smallest absolute Gasteiger partial charge is 0.278 e. The van der Waals surface area contributed by atoms with Crippen LogP contribution in [0.15, 0.2) is 53.6 Å². The quantitative estimate of drug-likeness (QED) is 0.434. The Labute approximate surface area is 203 Å². The van der Waals surface area contributed by atoms with Gasteiger partial charge in [0.15, 0.2) is 5.82 Å². The summed E-state index contributed by atoms with van der Waals surface area (Å²) in [6.07, 6.45) is 9.23. The highest BCUT2D eigenvalue weighted by Crippen LogP contribution is 2.50. The first kappa shape index (κ1) is 21.6.